The first-order chi connectivity index (χ1) is 8.40. The first-order valence-corrected chi connectivity index (χ1v) is 5.45. The van der Waals surface area contributed by atoms with Crippen molar-refractivity contribution in [3.63, 3.8) is 0 Å². The molecule has 0 unspecified atom stereocenters. The van der Waals surface area contributed by atoms with Gasteiger partial charge in [-0.2, -0.15) is 4.98 Å². The number of pyridine rings is 1. The molecule has 0 bridgehead atoms. The van der Waals surface area contributed by atoms with E-state index in [1.807, 2.05) is 6.07 Å². The van der Waals surface area contributed by atoms with E-state index in [9.17, 15) is 4.79 Å². The Balaban J connectivity index is 1.77. The Morgan fingerprint density at radius 3 is 3.06 bits per heavy atom. The average Bonchev–Trinajstić information content (AvgIpc) is 2.76. The van der Waals surface area contributed by atoms with E-state index in [2.05, 4.69) is 20.6 Å². The number of oxazole rings is 1. The molecular formula is C11H13N4O2. The number of fused-ring (bicyclic) bond motifs is 1. The van der Waals surface area contributed by atoms with Crippen molar-refractivity contribution in [3.8, 4) is 0 Å². The predicted molar refractivity (Wildman–Crippen MR) is 63.2 cm³/mol. The number of hydrogen-bond donors (Lipinski definition) is 2. The van der Waals surface area contributed by atoms with Crippen molar-refractivity contribution < 1.29 is 9.21 Å². The zero-order valence-corrected chi connectivity index (χ0v) is 9.27. The minimum atomic E-state index is 0.480. The predicted octanol–water partition coefficient (Wildman–Crippen LogP) is 1.07. The highest BCUT2D eigenvalue weighted by atomic mass is 16.4. The maximum atomic E-state index is 9.87. The second kappa shape index (κ2) is 5.83. The first kappa shape index (κ1) is 11.4. The lowest BCUT2D eigenvalue weighted by molar-refractivity contribution is 0.539. The molecule has 0 aliphatic heterocycles. The molecule has 89 valence electrons. The maximum Gasteiger partial charge on any atom is 0.309 e. The summed E-state index contributed by atoms with van der Waals surface area (Å²) >= 11 is 0. The monoisotopic (exact) mass is 233 g/mol. The van der Waals surface area contributed by atoms with Crippen LogP contribution in [0, 0.1) is 0 Å². The highest BCUT2D eigenvalue weighted by molar-refractivity contribution is 5.69. The van der Waals surface area contributed by atoms with E-state index in [0.29, 0.717) is 23.8 Å². The molecule has 6 nitrogen and oxygen atoms in total. The molecule has 0 aromatic carbocycles. The second-order valence-corrected chi connectivity index (χ2v) is 3.51. The van der Waals surface area contributed by atoms with Crippen LogP contribution >= 0.6 is 0 Å². The van der Waals surface area contributed by atoms with Crippen LogP contribution in [-0.4, -0.2) is 29.5 Å². The third kappa shape index (κ3) is 3.17. The second-order valence-electron chi connectivity index (χ2n) is 3.51. The number of unbranched alkanes of at least 4 members (excludes halogenated alkanes) is 1. The third-order valence-corrected chi connectivity index (χ3v) is 2.24. The number of nitrogens with one attached hydrogen (secondary N) is 2. The molecule has 0 saturated carbocycles. The van der Waals surface area contributed by atoms with Gasteiger partial charge in [0.15, 0.2) is 5.58 Å². The summed E-state index contributed by atoms with van der Waals surface area (Å²) in [6, 6.07) is 4.11. The van der Waals surface area contributed by atoms with Crippen LogP contribution in [0.3, 0.4) is 0 Å². The first-order valence-electron chi connectivity index (χ1n) is 5.45. The Bertz CT molecular complexity index is 450. The number of rotatable bonds is 7. The SMILES string of the molecule is O=[C]NCCCCNc1nc2ncccc2o1. The number of amides is 1. The average molecular weight is 233 g/mol. The van der Waals surface area contributed by atoms with E-state index >= 15 is 0 Å². The maximum absolute atomic E-state index is 9.87. The molecule has 2 rings (SSSR count). The molecule has 1 amide bonds. The largest absolute Gasteiger partial charge is 0.422 e. The summed E-state index contributed by atoms with van der Waals surface area (Å²) in [4.78, 5) is 18.1. The Kier molecular flexibility index (Phi) is 3.90. The van der Waals surface area contributed by atoms with Crippen molar-refractivity contribution >= 4 is 23.7 Å². The Labute approximate surface area is 98.4 Å². The number of anilines is 1. The summed E-state index contributed by atoms with van der Waals surface area (Å²) in [7, 11) is 0. The molecule has 0 aliphatic carbocycles. The third-order valence-electron chi connectivity index (χ3n) is 2.24. The number of carbonyl (C=O) groups excluding carboxylic acids is 1. The van der Waals surface area contributed by atoms with E-state index in [4.69, 9.17) is 4.42 Å². The summed E-state index contributed by atoms with van der Waals surface area (Å²) in [5, 5.41) is 5.55. The molecule has 0 saturated heterocycles. The molecule has 2 aromatic rings. The van der Waals surface area contributed by atoms with Gasteiger partial charge in [0.05, 0.1) is 0 Å². The highest BCUT2D eigenvalue weighted by Gasteiger charge is 2.04. The van der Waals surface area contributed by atoms with Gasteiger partial charge in [0.2, 0.25) is 5.65 Å². The summed E-state index contributed by atoms with van der Waals surface area (Å²) < 4.78 is 5.43. The molecule has 0 aliphatic rings. The van der Waals surface area contributed by atoms with Crippen LogP contribution in [-0.2, 0) is 4.79 Å². The molecule has 2 heterocycles. The topological polar surface area (TPSA) is 80.0 Å². The van der Waals surface area contributed by atoms with Crippen LogP contribution in [0.25, 0.3) is 11.2 Å². The van der Waals surface area contributed by atoms with Gasteiger partial charge in [0.1, 0.15) is 0 Å². The standard InChI is InChI=1S/C11H13N4O2/c16-8-12-5-1-2-6-14-11-15-10-9(17-11)4-3-7-13-10/h3-4,7H,1-2,5-6H2,(H,12,16)(H,13,14,15). The molecule has 17 heavy (non-hydrogen) atoms. The lowest BCUT2D eigenvalue weighted by Gasteiger charge is -2.00. The number of nitrogens with zero attached hydrogens (tertiary/aromatic N) is 2. The van der Waals surface area contributed by atoms with Gasteiger partial charge >= 0.3 is 6.41 Å². The van der Waals surface area contributed by atoms with E-state index in [1.54, 1.807) is 18.7 Å². The van der Waals surface area contributed by atoms with Gasteiger partial charge < -0.3 is 15.1 Å². The normalized spacial score (nSPS) is 10.4. The van der Waals surface area contributed by atoms with Crippen molar-refractivity contribution in [2.75, 3.05) is 18.4 Å². The van der Waals surface area contributed by atoms with Gasteiger partial charge in [0.25, 0.3) is 6.01 Å². The van der Waals surface area contributed by atoms with Gasteiger partial charge in [-0.05, 0) is 25.0 Å². The van der Waals surface area contributed by atoms with Crippen molar-refractivity contribution in [2.45, 2.75) is 12.8 Å². The van der Waals surface area contributed by atoms with E-state index in [0.717, 1.165) is 19.4 Å². The minimum Gasteiger partial charge on any atom is -0.422 e. The smallest absolute Gasteiger partial charge is 0.309 e. The van der Waals surface area contributed by atoms with Crippen molar-refractivity contribution in [3.05, 3.63) is 18.3 Å². The zero-order valence-electron chi connectivity index (χ0n) is 9.27. The Morgan fingerprint density at radius 1 is 1.35 bits per heavy atom. The number of hydrogen-bond acceptors (Lipinski definition) is 5. The van der Waals surface area contributed by atoms with Gasteiger partial charge in [-0.25, -0.2) is 4.98 Å². The Hall–Kier alpha value is -2.11. The quantitative estimate of drug-likeness (QED) is 0.552. The highest BCUT2D eigenvalue weighted by Crippen LogP contribution is 2.15. The lowest BCUT2D eigenvalue weighted by atomic mass is 10.3. The van der Waals surface area contributed by atoms with Crippen molar-refractivity contribution in [2.24, 2.45) is 0 Å². The van der Waals surface area contributed by atoms with E-state index in [-0.39, 0.29) is 0 Å². The van der Waals surface area contributed by atoms with Crippen LogP contribution in [0.1, 0.15) is 12.8 Å². The summed E-state index contributed by atoms with van der Waals surface area (Å²) in [5.74, 6) is 0. The van der Waals surface area contributed by atoms with E-state index < -0.39 is 0 Å². The molecular weight excluding hydrogens is 220 g/mol. The summed E-state index contributed by atoms with van der Waals surface area (Å²) in [6.45, 7) is 1.38. The molecule has 2 aromatic heterocycles. The molecule has 6 heteroatoms. The van der Waals surface area contributed by atoms with Crippen molar-refractivity contribution in [1.29, 1.82) is 0 Å². The zero-order chi connectivity index (χ0) is 11.9. The van der Waals surface area contributed by atoms with Crippen LogP contribution in [0.5, 0.6) is 0 Å². The van der Waals surface area contributed by atoms with Gasteiger partial charge in [0, 0.05) is 19.3 Å². The molecule has 1 radical (unpaired) electrons. The fourth-order valence-electron chi connectivity index (χ4n) is 1.43. The fraction of sp³-hybridized carbons (Fsp3) is 0.364. The van der Waals surface area contributed by atoms with Gasteiger partial charge in [-0.15, -0.1) is 0 Å². The molecule has 0 atom stereocenters. The van der Waals surface area contributed by atoms with Crippen molar-refractivity contribution in [1.82, 2.24) is 15.3 Å². The van der Waals surface area contributed by atoms with Gasteiger partial charge in [-0.1, -0.05) is 0 Å². The molecule has 0 fully saturated rings. The molecule has 0 spiro atoms. The van der Waals surface area contributed by atoms with Crippen LogP contribution < -0.4 is 10.6 Å². The van der Waals surface area contributed by atoms with Crippen LogP contribution in [0.4, 0.5) is 6.01 Å². The van der Waals surface area contributed by atoms with Gasteiger partial charge in [-0.3, -0.25) is 4.79 Å². The minimum absolute atomic E-state index is 0.480. The fourth-order valence-corrected chi connectivity index (χ4v) is 1.43. The van der Waals surface area contributed by atoms with Crippen LogP contribution in [0.15, 0.2) is 22.7 Å². The van der Waals surface area contributed by atoms with Crippen LogP contribution in [0.2, 0.25) is 0 Å². The van der Waals surface area contributed by atoms with E-state index in [1.165, 1.54) is 0 Å². The summed E-state index contributed by atoms with van der Waals surface area (Å²) in [5.41, 5.74) is 1.28. The lowest BCUT2D eigenvalue weighted by Crippen LogP contribution is -2.13. The molecule has 2 N–H and O–H groups in total. The number of aromatic nitrogens is 2. The Morgan fingerprint density at radius 2 is 2.24 bits per heavy atom. The summed E-state index contributed by atoms with van der Waals surface area (Å²) in [6.07, 6.45) is 5.12.